The molecule has 104 valence electrons. The monoisotopic (exact) mass is 497 g/mol. The van der Waals surface area contributed by atoms with Gasteiger partial charge in [-0.25, -0.2) is 0 Å². The Bertz CT molecular complexity index is 169. The Morgan fingerprint density at radius 1 is 0.765 bits per heavy atom. The minimum atomic E-state index is 0.353. The second kappa shape index (κ2) is 12.9. The first-order valence-corrected chi connectivity index (χ1v) is 10.2. The molecule has 1 nitrogen and oxygen atoms in total. The van der Waals surface area contributed by atoms with Crippen molar-refractivity contribution in [1.82, 2.24) is 0 Å². The third-order valence-electron chi connectivity index (χ3n) is 2.78. The molecule has 17 heavy (non-hydrogen) atoms. The molecule has 0 aromatic rings. The lowest BCUT2D eigenvalue weighted by atomic mass is 10.1. The zero-order valence-electron chi connectivity index (χ0n) is 10.2. The van der Waals surface area contributed by atoms with Crippen molar-refractivity contribution < 1.29 is 0 Å². The molecule has 0 aromatic carbocycles. The average Bonchev–Trinajstić information content (AvgIpc) is 2.35. The molecule has 0 aliphatic carbocycles. The van der Waals surface area contributed by atoms with Gasteiger partial charge in [-0.15, -0.1) is 0 Å². The summed E-state index contributed by atoms with van der Waals surface area (Å²) in [6.07, 6.45) is 9.29. The zero-order valence-corrected chi connectivity index (χ0v) is 16.5. The van der Waals surface area contributed by atoms with Gasteiger partial charge >= 0.3 is 0 Å². The van der Waals surface area contributed by atoms with Crippen molar-refractivity contribution in [3.05, 3.63) is 0 Å². The van der Waals surface area contributed by atoms with Crippen LogP contribution in [0.15, 0.2) is 0 Å². The van der Waals surface area contributed by atoms with Gasteiger partial charge in [0.05, 0.1) is 0 Å². The summed E-state index contributed by atoms with van der Waals surface area (Å²) in [4.78, 5) is 1.28. The van der Waals surface area contributed by atoms with E-state index in [2.05, 4.69) is 63.7 Å². The van der Waals surface area contributed by atoms with Gasteiger partial charge in [-0.1, -0.05) is 95.8 Å². The highest BCUT2D eigenvalue weighted by Crippen LogP contribution is 2.26. The van der Waals surface area contributed by atoms with E-state index in [4.69, 9.17) is 5.73 Å². The van der Waals surface area contributed by atoms with Gasteiger partial charge in [0.1, 0.15) is 0 Å². The van der Waals surface area contributed by atoms with E-state index in [0.717, 1.165) is 5.33 Å². The van der Waals surface area contributed by atoms with Crippen LogP contribution in [0, 0.1) is 0 Å². The second-order valence-electron chi connectivity index (χ2n) is 4.31. The summed E-state index contributed by atoms with van der Waals surface area (Å²) in [5, 5.41) is 1.15. The van der Waals surface area contributed by atoms with Crippen LogP contribution in [0.3, 0.4) is 0 Å². The van der Waals surface area contributed by atoms with Gasteiger partial charge in [-0.05, 0) is 12.8 Å². The predicted octanol–water partition coefficient (Wildman–Crippen LogP) is 5.36. The second-order valence-corrected chi connectivity index (χ2v) is 8.51. The lowest BCUT2D eigenvalue weighted by molar-refractivity contribution is 0.578. The van der Waals surface area contributed by atoms with Crippen LogP contribution in [0.2, 0.25) is 0 Å². The predicted molar refractivity (Wildman–Crippen MR) is 93.3 cm³/mol. The summed E-state index contributed by atoms with van der Waals surface area (Å²) in [6.45, 7) is 0.671. The third kappa shape index (κ3) is 10.3. The molecule has 0 aliphatic rings. The molecule has 0 spiro atoms. The smallest absolute Gasteiger partial charge is 0.0408 e. The summed E-state index contributed by atoms with van der Waals surface area (Å²) in [5.41, 5.74) is 5.63. The van der Waals surface area contributed by atoms with Crippen molar-refractivity contribution in [2.75, 3.05) is 11.9 Å². The third-order valence-corrected chi connectivity index (χ3v) is 8.01. The summed E-state index contributed by atoms with van der Waals surface area (Å²) < 4.78 is 0. The average molecular weight is 501 g/mol. The van der Waals surface area contributed by atoms with E-state index in [9.17, 15) is 0 Å². The summed E-state index contributed by atoms with van der Waals surface area (Å²) in [5.74, 6) is 0. The van der Waals surface area contributed by atoms with Crippen LogP contribution < -0.4 is 5.73 Å². The highest BCUT2D eigenvalue weighted by molar-refractivity contribution is 9.13. The Morgan fingerprint density at radius 2 is 1.29 bits per heavy atom. The van der Waals surface area contributed by atoms with Crippen LogP contribution in [0.1, 0.15) is 44.9 Å². The molecule has 3 atom stereocenters. The molecule has 0 bridgehead atoms. The number of rotatable bonds is 11. The van der Waals surface area contributed by atoms with Crippen LogP contribution in [0.4, 0.5) is 0 Å². The molecular weight excluding hydrogens is 478 g/mol. The Labute approximate surface area is 140 Å². The van der Waals surface area contributed by atoms with Crippen molar-refractivity contribution in [2.45, 2.75) is 59.4 Å². The number of alkyl halides is 4. The van der Waals surface area contributed by atoms with Crippen molar-refractivity contribution in [2.24, 2.45) is 5.73 Å². The molecule has 0 radical (unpaired) electrons. The van der Waals surface area contributed by atoms with Gasteiger partial charge in [0.25, 0.3) is 0 Å². The van der Waals surface area contributed by atoms with Gasteiger partial charge in [-0.2, -0.15) is 0 Å². The Kier molecular flexibility index (Phi) is 14.3. The fraction of sp³-hybridized carbons (Fsp3) is 1.00. The minimum Gasteiger partial charge on any atom is -0.329 e. The number of halogens is 4. The molecule has 0 amide bonds. The SMILES string of the molecule is NCC(Br)C(Br)C(Br)CCCCCCCCBr. The molecule has 0 aliphatic heterocycles. The van der Waals surface area contributed by atoms with Crippen LogP contribution >= 0.6 is 63.7 Å². The first-order valence-electron chi connectivity index (χ1n) is 6.31. The maximum absolute atomic E-state index is 5.63. The van der Waals surface area contributed by atoms with Crippen LogP contribution in [0.25, 0.3) is 0 Å². The van der Waals surface area contributed by atoms with E-state index in [-0.39, 0.29) is 0 Å². The number of unbranched alkanes of at least 4 members (excludes halogenated alkanes) is 5. The van der Waals surface area contributed by atoms with E-state index < -0.39 is 0 Å². The maximum atomic E-state index is 5.63. The van der Waals surface area contributed by atoms with Gasteiger partial charge in [0.15, 0.2) is 0 Å². The van der Waals surface area contributed by atoms with Gasteiger partial charge in [0, 0.05) is 26.4 Å². The molecule has 3 unspecified atom stereocenters. The van der Waals surface area contributed by atoms with E-state index in [0.29, 0.717) is 21.0 Å². The first kappa shape index (κ1) is 18.9. The van der Waals surface area contributed by atoms with Crippen molar-refractivity contribution in [3.63, 3.8) is 0 Å². The highest BCUT2D eigenvalue weighted by atomic mass is 79.9. The number of hydrogen-bond acceptors (Lipinski definition) is 1. The van der Waals surface area contributed by atoms with Crippen molar-refractivity contribution >= 4 is 63.7 Å². The van der Waals surface area contributed by atoms with Crippen LogP contribution in [-0.4, -0.2) is 26.4 Å². The van der Waals surface area contributed by atoms with Crippen molar-refractivity contribution in [3.8, 4) is 0 Å². The van der Waals surface area contributed by atoms with Crippen LogP contribution in [-0.2, 0) is 0 Å². The maximum Gasteiger partial charge on any atom is 0.0408 e. The number of nitrogens with two attached hydrogens (primary N) is 1. The minimum absolute atomic E-state index is 0.353. The van der Waals surface area contributed by atoms with E-state index in [1.54, 1.807) is 0 Å². The Hall–Kier alpha value is 1.88. The standard InChI is InChI=1S/C12H23Br4N/c13-8-6-4-2-1-3-5-7-10(14)12(16)11(15)9-17/h10-12H,1-9,17H2. The normalized spacial score (nSPS) is 16.8. The van der Waals surface area contributed by atoms with E-state index in [1.807, 2.05) is 0 Å². The topological polar surface area (TPSA) is 26.0 Å². The molecule has 2 N–H and O–H groups in total. The molecule has 0 heterocycles. The van der Waals surface area contributed by atoms with Gasteiger partial charge in [-0.3, -0.25) is 0 Å². The largest absolute Gasteiger partial charge is 0.329 e. The highest BCUT2D eigenvalue weighted by Gasteiger charge is 2.21. The first-order chi connectivity index (χ1) is 8.13. The molecule has 0 saturated heterocycles. The Morgan fingerprint density at radius 3 is 1.82 bits per heavy atom. The van der Waals surface area contributed by atoms with Gasteiger partial charge in [0.2, 0.25) is 0 Å². The van der Waals surface area contributed by atoms with E-state index >= 15 is 0 Å². The fourth-order valence-corrected chi connectivity index (χ4v) is 4.00. The molecule has 0 rings (SSSR count). The lowest BCUT2D eigenvalue weighted by Crippen LogP contribution is -2.30. The molecule has 0 fully saturated rings. The fourth-order valence-electron chi connectivity index (χ4n) is 1.66. The summed E-state index contributed by atoms with van der Waals surface area (Å²) >= 11 is 14.5. The summed E-state index contributed by atoms with van der Waals surface area (Å²) in [7, 11) is 0. The molecule has 5 heteroatoms. The lowest BCUT2D eigenvalue weighted by Gasteiger charge is -2.20. The van der Waals surface area contributed by atoms with E-state index in [1.165, 1.54) is 44.9 Å². The quantitative estimate of drug-likeness (QED) is 0.300. The van der Waals surface area contributed by atoms with Crippen LogP contribution in [0.5, 0.6) is 0 Å². The molecule has 0 saturated carbocycles. The Balaban J connectivity index is 3.41. The van der Waals surface area contributed by atoms with Crippen molar-refractivity contribution in [1.29, 1.82) is 0 Å². The zero-order chi connectivity index (χ0) is 13.1. The summed E-state index contributed by atoms with van der Waals surface area (Å²) in [6, 6.07) is 0. The number of hydrogen-bond donors (Lipinski definition) is 1. The molecular formula is C12H23Br4N. The van der Waals surface area contributed by atoms with Gasteiger partial charge < -0.3 is 5.73 Å². The molecule has 0 aromatic heterocycles.